The second-order valence-electron chi connectivity index (χ2n) is 3.27. The fourth-order valence-corrected chi connectivity index (χ4v) is 0.887. The zero-order valence-corrected chi connectivity index (χ0v) is 9.64. The largest absolute Gasteiger partial charge is 0.383 e. The van der Waals surface area contributed by atoms with Crippen molar-refractivity contribution in [3.63, 3.8) is 0 Å². The van der Waals surface area contributed by atoms with Gasteiger partial charge in [0.1, 0.15) is 0 Å². The zero-order valence-electron chi connectivity index (χ0n) is 9.64. The molecule has 0 fully saturated rings. The highest BCUT2D eigenvalue weighted by Crippen LogP contribution is 2.22. The van der Waals surface area contributed by atoms with Gasteiger partial charge in [-0.05, 0) is 0 Å². The number of amides is 2. The van der Waals surface area contributed by atoms with E-state index in [4.69, 9.17) is 0 Å². The Morgan fingerprint density at radius 3 is 2.33 bits per heavy atom. The molecule has 0 bridgehead atoms. The van der Waals surface area contributed by atoms with Crippen molar-refractivity contribution >= 4 is 11.8 Å². The molecule has 2 amide bonds. The van der Waals surface area contributed by atoms with Crippen LogP contribution in [0.3, 0.4) is 0 Å². The molecule has 0 atom stereocenters. The van der Waals surface area contributed by atoms with Crippen LogP contribution in [0.2, 0.25) is 0 Å². The molecule has 9 heteroatoms. The third kappa shape index (κ3) is 5.80. The molecule has 106 valence electrons. The summed E-state index contributed by atoms with van der Waals surface area (Å²) >= 11 is 0. The van der Waals surface area contributed by atoms with Crippen LogP contribution in [0, 0.1) is 0 Å². The van der Waals surface area contributed by atoms with Gasteiger partial charge in [-0.1, -0.05) is 0 Å². The monoisotopic (exact) mass is 274 g/mol. The molecule has 0 aliphatic heterocycles. The van der Waals surface area contributed by atoms with Crippen LogP contribution >= 0.6 is 0 Å². The van der Waals surface area contributed by atoms with Gasteiger partial charge in [-0.3, -0.25) is 9.59 Å². The number of ether oxygens (including phenoxy) is 1. The second kappa shape index (κ2) is 7.85. The highest BCUT2D eigenvalue weighted by atomic mass is 19.3. The number of halogens is 4. The van der Waals surface area contributed by atoms with E-state index in [2.05, 4.69) is 10.1 Å². The Balaban J connectivity index is 3.84. The fraction of sp³-hybridized carbons (Fsp3) is 0.778. The highest BCUT2D eigenvalue weighted by molar-refractivity contribution is 5.84. The van der Waals surface area contributed by atoms with Crippen LogP contribution in [0.5, 0.6) is 0 Å². The summed E-state index contributed by atoms with van der Waals surface area (Å²) in [4.78, 5) is 21.7. The van der Waals surface area contributed by atoms with Gasteiger partial charge in [0, 0.05) is 26.6 Å². The predicted octanol–water partition coefficient (Wildman–Crippen LogP) is 0.156. The van der Waals surface area contributed by atoms with Crippen LogP contribution in [-0.4, -0.2) is 51.0 Å². The van der Waals surface area contributed by atoms with Gasteiger partial charge in [0.15, 0.2) is 0 Å². The third-order valence-electron chi connectivity index (χ3n) is 1.84. The van der Waals surface area contributed by atoms with Crippen molar-refractivity contribution in [2.75, 3.05) is 26.8 Å². The Bertz CT molecular complexity index is 287. The van der Waals surface area contributed by atoms with Crippen LogP contribution in [0.1, 0.15) is 6.42 Å². The van der Waals surface area contributed by atoms with Crippen molar-refractivity contribution < 1.29 is 31.9 Å². The lowest BCUT2D eigenvalue weighted by molar-refractivity contribution is -0.169. The van der Waals surface area contributed by atoms with E-state index in [1.54, 1.807) is 5.32 Å². The summed E-state index contributed by atoms with van der Waals surface area (Å²) in [5.41, 5.74) is 0. The van der Waals surface area contributed by atoms with Gasteiger partial charge in [0.2, 0.25) is 5.91 Å². The van der Waals surface area contributed by atoms with E-state index in [1.807, 2.05) is 0 Å². The zero-order chi connectivity index (χ0) is 14.2. The van der Waals surface area contributed by atoms with Crippen LogP contribution in [0.4, 0.5) is 17.6 Å². The first-order chi connectivity index (χ1) is 8.32. The van der Waals surface area contributed by atoms with E-state index in [0.29, 0.717) is 0 Å². The number of carbonyl (C=O) groups excluding carboxylic acids is 2. The topological polar surface area (TPSA) is 67.4 Å². The number of methoxy groups -OCH3 is 1. The molecule has 2 N–H and O–H groups in total. The first kappa shape index (κ1) is 16.6. The molecule has 0 radical (unpaired) electrons. The molecule has 0 aliphatic carbocycles. The quantitative estimate of drug-likeness (QED) is 0.489. The minimum absolute atomic E-state index is 0.233. The highest BCUT2D eigenvalue weighted by Gasteiger charge is 2.48. The van der Waals surface area contributed by atoms with Crippen molar-refractivity contribution in [2.45, 2.75) is 18.8 Å². The smallest absolute Gasteiger partial charge is 0.383 e. The number of hydrogen-bond donors (Lipinski definition) is 2. The molecule has 0 rings (SSSR count). The molecule has 0 aromatic rings. The first-order valence-electron chi connectivity index (χ1n) is 5.02. The molecule has 0 aromatic carbocycles. The number of rotatable bonds is 8. The molecule has 0 saturated heterocycles. The molecule has 0 unspecified atom stereocenters. The molecule has 0 aliphatic rings. The standard InChI is InChI=1S/C9H14F4N2O3/c1-18-5-4-14-6(16)2-3-15-8(17)9(12,13)7(10)11/h7H,2-5H2,1H3,(H,14,16)(H,15,17). The Labute approximate surface area is 101 Å². The van der Waals surface area contributed by atoms with Crippen molar-refractivity contribution in [3.8, 4) is 0 Å². The fourth-order valence-electron chi connectivity index (χ4n) is 0.887. The van der Waals surface area contributed by atoms with Crippen molar-refractivity contribution in [1.29, 1.82) is 0 Å². The van der Waals surface area contributed by atoms with Crippen LogP contribution < -0.4 is 10.6 Å². The minimum atomic E-state index is -4.74. The summed E-state index contributed by atoms with van der Waals surface area (Å²) in [7, 11) is 1.43. The lowest BCUT2D eigenvalue weighted by atomic mass is 10.3. The predicted molar refractivity (Wildman–Crippen MR) is 53.5 cm³/mol. The van der Waals surface area contributed by atoms with Crippen molar-refractivity contribution in [2.24, 2.45) is 0 Å². The average Bonchev–Trinajstić information content (AvgIpc) is 2.28. The second-order valence-corrected chi connectivity index (χ2v) is 3.27. The summed E-state index contributed by atoms with van der Waals surface area (Å²) < 4.78 is 53.0. The van der Waals surface area contributed by atoms with Crippen LogP contribution in [0.25, 0.3) is 0 Å². The normalized spacial score (nSPS) is 11.4. The molecule has 0 aromatic heterocycles. The Morgan fingerprint density at radius 1 is 1.22 bits per heavy atom. The van der Waals surface area contributed by atoms with Crippen LogP contribution in [-0.2, 0) is 14.3 Å². The van der Waals surface area contributed by atoms with Gasteiger partial charge >= 0.3 is 12.3 Å². The van der Waals surface area contributed by atoms with E-state index < -0.39 is 30.7 Å². The van der Waals surface area contributed by atoms with Gasteiger partial charge in [0.05, 0.1) is 6.61 Å². The van der Waals surface area contributed by atoms with Gasteiger partial charge < -0.3 is 15.4 Å². The molecular formula is C9H14F4N2O3. The van der Waals surface area contributed by atoms with E-state index >= 15 is 0 Å². The molecule has 18 heavy (non-hydrogen) atoms. The Kier molecular flexibility index (Phi) is 7.25. The maximum Gasteiger partial charge on any atom is 0.383 e. The maximum absolute atomic E-state index is 12.4. The summed E-state index contributed by atoms with van der Waals surface area (Å²) in [6.07, 6.45) is -4.36. The van der Waals surface area contributed by atoms with E-state index in [1.165, 1.54) is 7.11 Å². The number of alkyl halides is 4. The van der Waals surface area contributed by atoms with Gasteiger partial charge in [0.25, 0.3) is 5.91 Å². The van der Waals surface area contributed by atoms with E-state index in [-0.39, 0.29) is 19.6 Å². The van der Waals surface area contributed by atoms with Crippen molar-refractivity contribution in [1.82, 2.24) is 10.6 Å². The Hall–Kier alpha value is -1.38. The number of nitrogens with one attached hydrogen (secondary N) is 2. The lowest BCUT2D eigenvalue weighted by Gasteiger charge is -2.14. The van der Waals surface area contributed by atoms with Crippen LogP contribution in [0.15, 0.2) is 0 Å². The molecule has 0 saturated carbocycles. The van der Waals surface area contributed by atoms with Gasteiger partial charge in [-0.25, -0.2) is 8.78 Å². The molecule has 5 nitrogen and oxygen atoms in total. The molecular weight excluding hydrogens is 260 g/mol. The summed E-state index contributed by atoms with van der Waals surface area (Å²) in [6.45, 7) is 0.0674. The maximum atomic E-state index is 12.4. The lowest BCUT2D eigenvalue weighted by Crippen LogP contribution is -2.46. The third-order valence-corrected chi connectivity index (χ3v) is 1.84. The first-order valence-corrected chi connectivity index (χ1v) is 5.02. The SMILES string of the molecule is COCCNC(=O)CCNC(=O)C(F)(F)C(F)F. The molecule has 0 spiro atoms. The van der Waals surface area contributed by atoms with E-state index in [9.17, 15) is 27.2 Å². The number of hydrogen-bond acceptors (Lipinski definition) is 3. The van der Waals surface area contributed by atoms with Gasteiger partial charge in [-0.2, -0.15) is 8.78 Å². The van der Waals surface area contributed by atoms with Crippen molar-refractivity contribution in [3.05, 3.63) is 0 Å². The minimum Gasteiger partial charge on any atom is -0.383 e. The molecule has 0 heterocycles. The Morgan fingerprint density at radius 2 is 1.83 bits per heavy atom. The summed E-state index contributed by atoms with van der Waals surface area (Å²) in [5.74, 6) is -7.35. The summed E-state index contributed by atoms with van der Waals surface area (Å²) in [6, 6.07) is 0. The average molecular weight is 274 g/mol. The van der Waals surface area contributed by atoms with E-state index in [0.717, 1.165) is 0 Å². The van der Waals surface area contributed by atoms with Gasteiger partial charge in [-0.15, -0.1) is 0 Å². The number of carbonyl (C=O) groups is 2. The summed E-state index contributed by atoms with van der Waals surface area (Å²) in [5, 5.41) is 3.93.